The number of carbonyl (C=O) groups is 1. The number of carbonyl (C=O) groups excluding carboxylic acids is 1. The maximum atomic E-state index is 12.4. The van der Waals surface area contributed by atoms with Crippen LogP contribution in [-0.2, 0) is 0 Å². The number of nitrogens with one attached hydrogen (secondary N) is 1. The van der Waals surface area contributed by atoms with Crippen molar-refractivity contribution >= 4 is 39.8 Å². The number of amides is 1. The molecule has 0 aliphatic heterocycles. The van der Waals surface area contributed by atoms with Gasteiger partial charge in [-0.2, -0.15) is 0 Å². The maximum Gasteiger partial charge on any atom is 0.282 e. The second kappa shape index (κ2) is 6.02. The summed E-state index contributed by atoms with van der Waals surface area (Å²) in [5.74, 6) is -0.591. The molecule has 0 aliphatic carbocycles. The van der Waals surface area contributed by atoms with Gasteiger partial charge in [-0.15, -0.1) is 0 Å². The van der Waals surface area contributed by atoms with E-state index in [0.717, 1.165) is 5.39 Å². The van der Waals surface area contributed by atoms with E-state index in [0.29, 0.717) is 16.2 Å². The fourth-order valence-corrected chi connectivity index (χ4v) is 2.49. The van der Waals surface area contributed by atoms with E-state index in [1.807, 2.05) is 6.07 Å². The van der Waals surface area contributed by atoms with E-state index in [9.17, 15) is 14.9 Å². The third kappa shape index (κ3) is 2.97. The van der Waals surface area contributed by atoms with Gasteiger partial charge >= 0.3 is 0 Å². The first kappa shape index (κ1) is 14.9. The highest BCUT2D eigenvalue weighted by atomic mass is 35.5. The van der Waals surface area contributed by atoms with Gasteiger partial charge in [0.2, 0.25) is 0 Å². The summed E-state index contributed by atoms with van der Waals surface area (Å²) in [4.78, 5) is 27.1. The van der Waals surface area contributed by atoms with E-state index in [4.69, 9.17) is 11.6 Å². The van der Waals surface area contributed by atoms with Crippen molar-refractivity contribution in [3.05, 3.63) is 75.4 Å². The monoisotopic (exact) mass is 327 g/mol. The number of fused-ring (bicyclic) bond motifs is 1. The van der Waals surface area contributed by atoms with Gasteiger partial charge in [-0.05, 0) is 24.3 Å². The fraction of sp³-hybridized carbons (Fsp3) is 0. The Hall–Kier alpha value is -2.99. The van der Waals surface area contributed by atoms with Crippen molar-refractivity contribution in [2.24, 2.45) is 0 Å². The van der Waals surface area contributed by atoms with Crippen molar-refractivity contribution in [2.45, 2.75) is 0 Å². The van der Waals surface area contributed by atoms with Gasteiger partial charge in [0, 0.05) is 22.7 Å². The van der Waals surface area contributed by atoms with E-state index in [1.165, 1.54) is 18.2 Å². The average Bonchev–Trinajstić information content (AvgIpc) is 2.54. The normalized spacial score (nSPS) is 10.5. The van der Waals surface area contributed by atoms with Crippen LogP contribution in [-0.4, -0.2) is 15.8 Å². The number of aromatic nitrogens is 1. The predicted octanol–water partition coefficient (Wildman–Crippen LogP) is 4.05. The van der Waals surface area contributed by atoms with Crippen LogP contribution in [0, 0.1) is 10.1 Å². The zero-order chi connectivity index (χ0) is 16.4. The SMILES string of the molecule is O=C(Nc1cc(Cl)cc2cccnc12)c1ccccc1[N+](=O)[O-]. The molecule has 7 heteroatoms. The fourth-order valence-electron chi connectivity index (χ4n) is 2.27. The Bertz CT molecular complexity index is 927. The van der Waals surface area contributed by atoms with Crippen LogP contribution in [0.2, 0.25) is 5.02 Å². The summed E-state index contributed by atoms with van der Waals surface area (Å²) >= 11 is 6.05. The standard InChI is InChI=1S/C16H10ClN3O3/c17-11-8-10-4-3-7-18-15(10)13(9-11)19-16(21)12-5-1-2-6-14(12)20(22)23/h1-9H,(H,19,21). The molecule has 1 heterocycles. The quantitative estimate of drug-likeness (QED) is 0.581. The van der Waals surface area contributed by atoms with Gasteiger partial charge in [-0.1, -0.05) is 29.8 Å². The molecule has 0 radical (unpaired) electrons. The van der Waals surface area contributed by atoms with Crippen LogP contribution in [0.25, 0.3) is 10.9 Å². The molecule has 0 aliphatic rings. The number of nitro benzene ring substituents is 1. The van der Waals surface area contributed by atoms with E-state index < -0.39 is 10.8 Å². The molecular formula is C16H10ClN3O3. The number of anilines is 1. The van der Waals surface area contributed by atoms with Crippen molar-refractivity contribution in [3.63, 3.8) is 0 Å². The molecule has 1 N–H and O–H groups in total. The topological polar surface area (TPSA) is 85.1 Å². The highest BCUT2D eigenvalue weighted by molar-refractivity contribution is 6.32. The van der Waals surface area contributed by atoms with Crippen LogP contribution in [0.3, 0.4) is 0 Å². The molecule has 0 fully saturated rings. The van der Waals surface area contributed by atoms with E-state index >= 15 is 0 Å². The highest BCUT2D eigenvalue weighted by Crippen LogP contribution is 2.27. The van der Waals surface area contributed by atoms with Gasteiger partial charge in [-0.25, -0.2) is 0 Å². The molecule has 2 aromatic carbocycles. The van der Waals surface area contributed by atoms with Gasteiger partial charge in [-0.3, -0.25) is 19.9 Å². The molecular weight excluding hydrogens is 318 g/mol. The largest absolute Gasteiger partial charge is 0.320 e. The zero-order valence-corrected chi connectivity index (χ0v) is 12.4. The number of nitro groups is 1. The summed E-state index contributed by atoms with van der Waals surface area (Å²) in [5.41, 5.74) is 0.672. The first-order valence-electron chi connectivity index (χ1n) is 6.65. The van der Waals surface area contributed by atoms with Crippen molar-refractivity contribution in [3.8, 4) is 0 Å². The number of para-hydroxylation sites is 1. The summed E-state index contributed by atoms with van der Waals surface area (Å²) in [6, 6.07) is 12.6. The Labute approximate surface area is 135 Å². The molecule has 0 saturated carbocycles. The van der Waals surface area contributed by atoms with Crippen molar-refractivity contribution in [1.82, 2.24) is 4.98 Å². The lowest BCUT2D eigenvalue weighted by Gasteiger charge is -2.09. The molecule has 1 aromatic heterocycles. The van der Waals surface area contributed by atoms with Crippen LogP contribution in [0.4, 0.5) is 11.4 Å². The second-order valence-electron chi connectivity index (χ2n) is 4.76. The predicted molar refractivity (Wildman–Crippen MR) is 87.8 cm³/mol. The minimum Gasteiger partial charge on any atom is -0.320 e. The van der Waals surface area contributed by atoms with Crippen LogP contribution in [0.5, 0.6) is 0 Å². The van der Waals surface area contributed by atoms with E-state index in [2.05, 4.69) is 10.3 Å². The molecule has 0 saturated heterocycles. The molecule has 3 rings (SSSR count). The van der Waals surface area contributed by atoms with Crippen molar-refractivity contribution < 1.29 is 9.72 Å². The Morgan fingerprint density at radius 1 is 1.17 bits per heavy atom. The lowest BCUT2D eigenvalue weighted by molar-refractivity contribution is -0.385. The summed E-state index contributed by atoms with van der Waals surface area (Å²) in [7, 11) is 0. The molecule has 0 atom stereocenters. The molecule has 23 heavy (non-hydrogen) atoms. The van der Waals surface area contributed by atoms with Crippen molar-refractivity contribution in [2.75, 3.05) is 5.32 Å². The Kier molecular flexibility index (Phi) is 3.91. The number of hydrogen-bond donors (Lipinski definition) is 1. The smallest absolute Gasteiger partial charge is 0.282 e. The van der Waals surface area contributed by atoms with E-state index in [-0.39, 0.29) is 11.3 Å². The number of halogens is 1. The number of rotatable bonds is 3. The lowest BCUT2D eigenvalue weighted by atomic mass is 10.1. The van der Waals surface area contributed by atoms with Gasteiger partial charge in [0.25, 0.3) is 11.6 Å². The van der Waals surface area contributed by atoms with Gasteiger partial charge in [0.15, 0.2) is 0 Å². The highest BCUT2D eigenvalue weighted by Gasteiger charge is 2.20. The summed E-state index contributed by atoms with van der Waals surface area (Å²) < 4.78 is 0. The third-order valence-corrected chi connectivity index (χ3v) is 3.48. The number of benzene rings is 2. The van der Waals surface area contributed by atoms with Crippen LogP contribution < -0.4 is 5.32 Å². The van der Waals surface area contributed by atoms with Crippen LogP contribution in [0.15, 0.2) is 54.7 Å². The summed E-state index contributed by atoms with van der Waals surface area (Å²) in [6.07, 6.45) is 1.59. The third-order valence-electron chi connectivity index (χ3n) is 3.26. The zero-order valence-electron chi connectivity index (χ0n) is 11.7. The molecule has 0 spiro atoms. The number of pyridine rings is 1. The summed E-state index contributed by atoms with van der Waals surface area (Å²) in [6.45, 7) is 0. The molecule has 114 valence electrons. The first-order chi connectivity index (χ1) is 11.1. The molecule has 0 bridgehead atoms. The molecule has 1 amide bonds. The van der Waals surface area contributed by atoms with Gasteiger partial charge in [0.05, 0.1) is 16.1 Å². The molecule has 6 nitrogen and oxygen atoms in total. The summed E-state index contributed by atoms with van der Waals surface area (Å²) in [5, 5.41) is 14.9. The Balaban J connectivity index is 2.03. The van der Waals surface area contributed by atoms with Crippen molar-refractivity contribution in [1.29, 1.82) is 0 Å². The minimum atomic E-state index is -0.594. The van der Waals surface area contributed by atoms with E-state index in [1.54, 1.807) is 30.5 Å². The van der Waals surface area contributed by atoms with Gasteiger partial charge < -0.3 is 5.32 Å². The Morgan fingerprint density at radius 2 is 1.96 bits per heavy atom. The minimum absolute atomic E-state index is 0.0263. The maximum absolute atomic E-state index is 12.4. The first-order valence-corrected chi connectivity index (χ1v) is 7.03. The molecule has 3 aromatic rings. The number of nitrogens with zero attached hydrogens (tertiary/aromatic N) is 2. The Morgan fingerprint density at radius 3 is 2.74 bits per heavy atom. The van der Waals surface area contributed by atoms with Crippen LogP contribution in [0.1, 0.15) is 10.4 Å². The number of hydrogen-bond acceptors (Lipinski definition) is 4. The lowest BCUT2D eigenvalue weighted by Crippen LogP contribution is -2.14. The molecule has 0 unspecified atom stereocenters. The average molecular weight is 328 g/mol. The second-order valence-corrected chi connectivity index (χ2v) is 5.19. The van der Waals surface area contributed by atoms with Crippen LogP contribution >= 0.6 is 11.6 Å². The van der Waals surface area contributed by atoms with Gasteiger partial charge in [0.1, 0.15) is 5.56 Å².